The Bertz CT molecular complexity index is 913. The quantitative estimate of drug-likeness (QED) is 0.397. The van der Waals surface area contributed by atoms with Crippen molar-refractivity contribution >= 4 is 29.2 Å². The summed E-state index contributed by atoms with van der Waals surface area (Å²) in [4.78, 5) is 27.9. The van der Waals surface area contributed by atoms with Gasteiger partial charge in [-0.2, -0.15) is 0 Å². The summed E-state index contributed by atoms with van der Waals surface area (Å²) in [6.07, 6.45) is 16.3. The molecule has 1 saturated carbocycles. The molecular weight excluding hydrogens is 460 g/mol. The summed E-state index contributed by atoms with van der Waals surface area (Å²) in [5, 5.41) is 4.26. The Morgan fingerprint density at radius 1 is 1.14 bits per heavy atom. The minimum absolute atomic E-state index is 0.220. The number of pyridine rings is 1. The smallest absolute Gasteiger partial charge is 0.137 e. The zero-order valence-corrected chi connectivity index (χ0v) is 23.6. The highest BCUT2D eigenvalue weighted by Crippen LogP contribution is 2.37. The van der Waals surface area contributed by atoms with Gasteiger partial charge < -0.3 is 20.6 Å². The number of likely N-dealkylation sites (tertiary alicyclic amines) is 1. The molecule has 4 unspecified atom stereocenters. The van der Waals surface area contributed by atoms with Gasteiger partial charge in [0.05, 0.1) is 11.6 Å². The molecule has 0 bridgehead atoms. The van der Waals surface area contributed by atoms with Crippen molar-refractivity contribution in [3.63, 3.8) is 0 Å². The molecule has 2 aromatic rings. The van der Waals surface area contributed by atoms with Gasteiger partial charge in [0.25, 0.3) is 0 Å². The van der Waals surface area contributed by atoms with Crippen molar-refractivity contribution in [2.75, 3.05) is 26.0 Å². The number of nitrogens with zero attached hydrogens (tertiary/aromatic N) is 2. The lowest BCUT2D eigenvalue weighted by Crippen LogP contribution is -2.34. The predicted octanol–water partition coefficient (Wildman–Crippen LogP) is 6.09. The number of aromatic nitrogens is 1. The molecule has 6 heteroatoms. The first-order valence-electron chi connectivity index (χ1n) is 14.3. The molecule has 4 atom stereocenters. The average Bonchev–Trinajstić information content (AvgIpc) is 3.32. The van der Waals surface area contributed by atoms with Gasteiger partial charge in [0, 0.05) is 36.3 Å². The van der Waals surface area contributed by atoms with Crippen LogP contribution in [0.5, 0.6) is 0 Å². The van der Waals surface area contributed by atoms with Gasteiger partial charge in [0.2, 0.25) is 0 Å². The van der Waals surface area contributed by atoms with E-state index in [1.54, 1.807) is 6.20 Å². The summed E-state index contributed by atoms with van der Waals surface area (Å²) < 4.78 is 0. The van der Waals surface area contributed by atoms with Crippen molar-refractivity contribution in [3.05, 3.63) is 36.5 Å². The van der Waals surface area contributed by atoms with Crippen LogP contribution in [0.4, 0.5) is 5.69 Å². The Morgan fingerprint density at radius 2 is 1.89 bits per heavy atom. The highest BCUT2D eigenvalue weighted by atomic mass is 16.1. The van der Waals surface area contributed by atoms with Crippen LogP contribution in [-0.4, -0.2) is 55.2 Å². The van der Waals surface area contributed by atoms with Gasteiger partial charge in [-0.25, -0.2) is 0 Å². The van der Waals surface area contributed by atoms with Crippen molar-refractivity contribution in [3.8, 4) is 0 Å². The first kappa shape index (κ1) is 30.9. The molecule has 37 heavy (non-hydrogen) atoms. The van der Waals surface area contributed by atoms with Crippen LogP contribution in [0.15, 0.2) is 36.5 Å². The topological polar surface area (TPSA) is 88.3 Å². The summed E-state index contributed by atoms with van der Waals surface area (Å²) in [7, 11) is 4.00. The Balaban J connectivity index is 0.000000197. The molecule has 1 aliphatic carbocycles. The monoisotopic (exact) mass is 510 g/mol. The van der Waals surface area contributed by atoms with Crippen LogP contribution in [0, 0.1) is 17.8 Å². The molecule has 1 aromatic carbocycles. The van der Waals surface area contributed by atoms with E-state index in [-0.39, 0.29) is 18.0 Å². The third-order valence-electron chi connectivity index (χ3n) is 8.00. The lowest BCUT2D eigenvalue weighted by atomic mass is 9.77. The summed E-state index contributed by atoms with van der Waals surface area (Å²) in [5.74, 6) is 1.76. The number of likely N-dealkylation sites (N-methyl/N-ethyl adjacent to an activating group) is 1. The Labute approximate surface area is 224 Å². The fourth-order valence-corrected chi connectivity index (χ4v) is 5.58. The zero-order chi connectivity index (χ0) is 27.0. The maximum absolute atomic E-state index is 11.0. The van der Waals surface area contributed by atoms with Gasteiger partial charge in [-0.1, -0.05) is 51.5 Å². The number of carbonyl (C=O) groups is 2. The average molecular weight is 511 g/mol. The highest BCUT2D eigenvalue weighted by molar-refractivity contribution is 5.82. The standard InChI is InChI=1S/C12H21NO.C10H10N2.C9H19NO/c1-13-8-7-11(12(13)9-14)10-5-3-2-4-6-10;1-11-9-4-5-10-8(7-9)3-2-6-12-10;1-3-9(7-11)6-4-5-8(2)10/h9-12H,2-8H2,1H3;2-7,11H,1H3;7-9H,3-6,10H2,1-2H3. The molecule has 0 spiro atoms. The molecule has 2 aliphatic rings. The number of carbonyl (C=O) groups excluding carboxylic acids is 2. The van der Waals surface area contributed by atoms with Gasteiger partial charge in [0.15, 0.2) is 0 Å². The van der Waals surface area contributed by atoms with Crippen LogP contribution in [0.2, 0.25) is 0 Å². The molecule has 0 radical (unpaired) electrons. The fourth-order valence-electron chi connectivity index (χ4n) is 5.58. The zero-order valence-electron chi connectivity index (χ0n) is 23.6. The summed E-state index contributed by atoms with van der Waals surface area (Å²) in [6, 6.07) is 10.6. The number of hydrogen-bond acceptors (Lipinski definition) is 6. The van der Waals surface area contributed by atoms with E-state index in [4.69, 9.17) is 5.73 Å². The Morgan fingerprint density at radius 3 is 2.51 bits per heavy atom. The second kappa shape index (κ2) is 17.2. The van der Waals surface area contributed by atoms with E-state index in [0.717, 1.165) is 55.6 Å². The molecule has 1 aromatic heterocycles. The molecule has 1 aliphatic heterocycles. The molecule has 4 rings (SSSR count). The highest BCUT2D eigenvalue weighted by Gasteiger charge is 2.36. The predicted molar refractivity (Wildman–Crippen MR) is 156 cm³/mol. The maximum Gasteiger partial charge on any atom is 0.137 e. The largest absolute Gasteiger partial charge is 0.388 e. The SMILES string of the molecule is CCC(C=O)CCCC(C)N.CN1CCC(C2CCCCC2)C1C=O.CNc1ccc2ncccc2c1. The second-order valence-electron chi connectivity index (χ2n) is 10.8. The first-order valence-corrected chi connectivity index (χ1v) is 14.3. The van der Waals surface area contributed by atoms with Crippen molar-refractivity contribution in [1.82, 2.24) is 9.88 Å². The van der Waals surface area contributed by atoms with E-state index in [9.17, 15) is 9.59 Å². The number of benzene rings is 1. The van der Waals surface area contributed by atoms with Crippen molar-refractivity contribution in [2.45, 2.75) is 90.1 Å². The van der Waals surface area contributed by atoms with Gasteiger partial charge in [-0.15, -0.1) is 0 Å². The number of rotatable bonds is 9. The molecule has 1 saturated heterocycles. The van der Waals surface area contributed by atoms with Crippen LogP contribution in [0.3, 0.4) is 0 Å². The van der Waals surface area contributed by atoms with Gasteiger partial charge in [-0.05, 0) is 82.3 Å². The minimum Gasteiger partial charge on any atom is -0.388 e. The summed E-state index contributed by atoms with van der Waals surface area (Å²) in [5.41, 5.74) is 7.73. The normalized spacial score (nSPS) is 21.6. The van der Waals surface area contributed by atoms with Crippen LogP contribution in [-0.2, 0) is 9.59 Å². The molecule has 206 valence electrons. The molecule has 6 nitrogen and oxygen atoms in total. The Kier molecular flexibility index (Phi) is 14.4. The van der Waals surface area contributed by atoms with Crippen LogP contribution >= 0.6 is 0 Å². The van der Waals surface area contributed by atoms with Crippen molar-refractivity contribution in [1.29, 1.82) is 0 Å². The number of hydrogen-bond donors (Lipinski definition) is 2. The molecule has 2 heterocycles. The van der Waals surface area contributed by atoms with Crippen molar-refractivity contribution < 1.29 is 9.59 Å². The minimum atomic E-state index is 0.220. The number of aldehydes is 2. The lowest BCUT2D eigenvalue weighted by molar-refractivity contribution is -0.113. The molecule has 0 amide bonds. The second-order valence-corrected chi connectivity index (χ2v) is 10.8. The van der Waals surface area contributed by atoms with Crippen LogP contribution < -0.4 is 11.1 Å². The van der Waals surface area contributed by atoms with Gasteiger partial charge in [-0.3, -0.25) is 9.88 Å². The van der Waals surface area contributed by atoms with E-state index >= 15 is 0 Å². The van der Waals surface area contributed by atoms with E-state index in [2.05, 4.69) is 34.4 Å². The third-order valence-corrected chi connectivity index (χ3v) is 8.00. The lowest BCUT2D eigenvalue weighted by Gasteiger charge is -2.30. The van der Waals surface area contributed by atoms with E-state index in [0.29, 0.717) is 5.92 Å². The molecule has 3 N–H and O–H groups in total. The third kappa shape index (κ3) is 10.5. The van der Waals surface area contributed by atoms with Crippen LogP contribution in [0.25, 0.3) is 10.9 Å². The van der Waals surface area contributed by atoms with Gasteiger partial charge in [0.1, 0.15) is 12.6 Å². The molecular formula is C31H50N4O2. The van der Waals surface area contributed by atoms with E-state index in [1.165, 1.54) is 50.2 Å². The summed E-state index contributed by atoms with van der Waals surface area (Å²) >= 11 is 0. The number of fused-ring (bicyclic) bond motifs is 1. The molecule has 2 fully saturated rings. The van der Waals surface area contributed by atoms with E-state index in [1.807, 2.05) is 39.1 Å². The number of anilines is 1. The van der Waals surface area contributed by atoms with Gasteiger partial charge >= 0.3 is 0 Å². The maximum atomic E-state index is 11.0. The van der Waals surface area contributed by atoms with Crippen molar-refractivity contribution in [2.24, 2.45) is 23.5 Å². The number of nitrogens with one attached hydrogen (secondary N) is 1. The van der Waals surface area contributed by atoms with E-state index < -0.39 is 0 Å². The Hall–Kier alpha value is -2.31. The summed E-state index contributed by atoms with van der Waals surface area (Å²) in [6.45, 7) is 5.16. The number of nitrogens with two attached hydrogens (primary N) is 1. The fraction of sp³-hybridized carbons (Fsp3) is 0.645. The van der Waals surface area contributed by atoms with Crippen LogP contribution in [0.1, 0.15) is 78.1 Å². The first-order chi connectivity index (χ1) is 17.9.